The van der Waals surface area contributed by atoms with Crippen LogP contribution < -0.4 is 0 Å². The van der Waals surface area contributed by atoms with Crippen molar-refractivity contribution in [2.75, 3.05) is 19.7 Å². The highest BCUT2D eigenvalue weighted by molar-refractivity contribution is 5.34. The zero-order valence-corrected chi connectivity index (χ0v) is 12.6. The lowest BCUT2D eigenvalue weighted by molar-refractivity contribution is -0.147. The van der Waals surface area contributed by atoms with Crippen molar-refractivity contribution < 1.29 is 27.1 Å². The SMILES string of the molecule is OCCCN(Cc1ccn(-c2c(F)cccc2F)n1)CC(F)(F)F. The van der Waals surface area contributed by atoms with Crippen LogP contribution in [-0.4, -0.2) is 45.7 Å². The molecule has 2 aromatic rings. The van der Waals surface area contributed by atoms with E-state index in [2.05, 4.69) is 5.10 Å². The van der Waals surface area contributed by atoms with Gasteiger partial charge in [-0.15, -0.1) is 0 Å². The van der Waals surface area contributed by atoms with E-state index in [1.165, 1.54) is 18.3 Å². The van der Waals surface area contributed by atoms with Gasteiger partial charge in [0.25, 0.3) is 0 Å². The molecule has 0 saturated carbocycles. The second kappa shape index (κ2) is 7.71. The Kier molecular flexibility index (Phi) is 5.89. The zero-order chi connectivity index (χ0) is 17.7. The van der Waals surface area contributed by atoms with Crippen LogP contribution in [0.25, 0.3) is 5.69 Å². The van der Waals surface area contributed by atoms with E-state index in [4.69, 9.17) is 5.11 Å². The summed E-state index contributed by atoms with van der Waals surface area (Å²) in [6.45, 7) is -1.52. The Balaban J connectivity index is 2.16. The minimum Gasteiger partial charge on any atom is -0.396 e. The summed E-state index contributed by atoms with van der Waals surface area (Å²) >= 11 is 0. The van der Waals surface area contributed by atoms with E-state index < -0.39 is 24.4 Å². The summed E-state index contributed by atoms with van der Waals surface area (Å²) in [5, 5.41) is 12.7. The van der Waals surface area contributed by atoms with Crippen LogP contribution in [0.2, 0.25) is 0 Å². The Labute approximate surface area is 135 Å². The van der Waals surface area contributed by atoms with Gasteiger partial charge in [-0.3, -0.25) is 4.90 Å². The van der Waals surface area contributed by atoms with Gasteiger partial charge in [-0.1, -0.05) is 6.07 Å². The number of alkyl halides is 3. The molecule has 0 spiro atoms. The second-order valence-electron chi connectivity index (χ2n) is 5.22. The van der Waals surface area contributed by atoms with Crippen LogP contribution in [0.15, 0.2) is 30.5 Å². The Morgan fingerprint density at radius 1 is 1.12 bits per heavy atom. The topological polar surface area (TPSA) is 41.3 Å². The zero-order valence-electron chi connectivity index (χ0n) is 12.6. The van der Waals surface area contributed by atoms with Crippen molar-refractivity contribution >= 4 is 0 Å². The van der Waals surface area contributed by atoms with Crippen molar-refractivity contribution in [2.24, 2.45) is 0 Å². The third-order valence-electron chi connectivity index (χ3n) is 3.23. The van der Waals surface area contributed by atoms with Gasteiger partial charge in [0, 0.05) is 25.9 Å². The number of para-hydroxylation sites is 1. The first-order chi connectivity index (χ1) is 11.3. The smallest absolute Gasteiger partial charge is 0.396 e. The maximum absolute atomic E-state index is 13.7. The molecule has 1 heterocycles. The van der Waals surface area contributed by atoms with E-state index in [1.54, 1.807) is 0 Å². The summed E-state index contributed by atoms with van der Waals surface area (Å²) in [5.41, 5.74) is -0.152. The number of aliphatic hydroxyl groups excluding tert-OH is 1. The minimum atomic E-state index is -4.39. The summed E-state index contributed by atoms with van der Waals surface area (Å²) < 4.78 is 66.1. The van der Waals surface area contributed by atoms with E-state index in [0.717, 1.165) is 21.7 Å². The van der Waals surface area contributed by atoms with Crippen LogP contribution in [0.3, 0.4) is 0 Å². The summed E-state index contributed by atoms with van der Waals surface area (Å²) in [6.07, 6.45) is -2.93. The predicted octanol–water partition coefficient (Wildman–Crippen LogP) is 2.90. The van der Waals surface area contributed by atoms with Crippen LogP contribution in [-0.2, 0) is 6.54 Å². The van der Waals surface area contributed by atoms with Gasteiger partial charge in [-0.25, -0.2) is 13.5 Å². The lowest BCUT2D eigenvalue weighted by Gasteiger charge is -2.22. The van der Waals surface area contributed by atoms with Gasteiger partial charge in [0.15, 0.2) is 11.6 Å². The first kappa shape index (κ1) is 18.3. The largest absolute Gasteiger partial charge is 0.401 e. The molecule has 24 heavy (non-hydrogen) atoms. The first-order valence-corrected chi connectivity index (χ1v) is 7.19. The summed E-state index contributed by atoms with van der Waals surface area (Å²) in [4.78, 5) is 1.07. The van der Waals surface area contributed by atoms with Gasteiger partial charge in [-0.2, -0.15) is 18.3 Å². The molecule has 0 saturated heterocycles. The number of halogens is 5. The van der Waals surface area contributed by atoms with Gasteiger partial charge in [0.2, 0.25) is 0 Å². The molecule has 2 rings (SSSR count). The molecule has 0 atom stereocenters. The van der Waals surface area contributed by atoms with Gasteiger partial charge in [0.1, 0.15) is 5.69 Å². The highest BCUT2D eigenvalue weighted by Crippen LogP contribution is 2.20. The molecule has 4 nitrogen and oxygen atoms in total. The maximum Gasteiger partial charge on any atom is 0.401 e. The molecular weight excluding hydrogens is 333 g/mol. The minimum absolute atomic E-state index is 0.0247. The van der Waals surface area contributed by atoms with E-state index in [1.807, 2.05) is 0 Å². The summed E-state index contributed by atoms with van der Waals surface area (Å²) in [5.74, 6) is -1.64. The number of aromatic nitrogens is 2. The Hall–Kier alpha value is -2.00. The molecule has 1 N–H and O–H groups in total. The van der Waals surface area contributed by atoms with Crippen molar-refractivity contribution in [3.63, 3.8) is 0 Å². The van der Waals surface area contributed by atoms with Crippen LogP contribution in [0.5, 0.6) is 0 Å². The monoisotopic (exact) mass is 349 g/mol. The second-order valence-corrected chi connectivity index (χ2v) is 5.22. The summed E-state index contributed by atoms with van der Waals surface area (Å²) in [6, 6.07) is 4.74. The van der Waals surface area contributed by atoms with E-state index in [0.29, 0.717) is 0 Å². The first-order valence-electron chi connectivity index (χ1n) is 7.19. The molecule has 1 aromatic heterocycles. The molecular formula is C15H16F5N3O. The standard InChI is InChI=1S/C15H16F5N3O/c16-12-3-1-4-13(17)14(12)23-7-5-11(21-23)9-22(6-2-8-24)10-15(18,19)20/h1,3-5,7,24H,2,6,8-10H2. The van der Waals surface area contributed by atoms with Crippen LogP contribution in [0.1, 0.15) is 12.1 Å². The average Bonchev–Trinajstić information content (AvgIpc) is 2.91. The molecule has 0 radical (unpaired) electrons. The van der Waals surface area contributed by atoms with Crippen molar-refractivity contribution in [3.05, 3.63) is 47.8 Å². The number of rotatable bonds is 7. The lowest BCUT2D eigenvalue weighted by Crippen LogP contribution is -2.35. The quantitative estimate of drug-likeness (QED) is 0.782. The number of benzene rings is 1. The molecule has 0 aliphatic heterocycles. The normalized spacial score (nSPS) is 12.1. The molecule has 0 unspecified atom stereocenters. The van der Waals surface area contributed by atoms with E-state index in [9.17, 15) is 22.0 Å². The van der Waals surface area contributed by atoms with Crippen molar-refractivity contribution in [3.8, 4) is 5.69 Å². The van der Waals surface area contributed by atoms with Crippen LogP contribution in [0, 0.1) is 11.6 Å². The van der Waals surface area contributed by atoms with Crippen LogP contribution in [0.4, 0.5) is 22.0 Å². The number of hydrogen-bond acceptors (Lipinski definition) is 3. The highest BCUT2D eigenvalue weighted by Gasteiger charge is 2.30. The van der Waals surface area contributed by atoms with E-state index >= 15 is 0 Å². The number of nitrogens with zero attached hydrogens (tertiary/aromatic N) is 3. The Bertz CT molecular complexity index is 651. The molecule has 0 bridgehead atoms. The average molecular weight is 349 g/mol. The molecule has 0 amide bonds. The Morgan fingerprint density at radius 3 is 2.38 bits per heavy atom. The number of hydrogen-bond donors (Lipinski definition) is 1. The third-order valence-corrected chi connectivity index (χ3v) is 3.23. The van der Waals surface area contributed by atoms with Gasteiger partial charge in [-0.05, 0) is 24.6 Å². The fraction of sp³-hybridized carbons (Fsp3) is 0.400. The molecule has 132 valence electrons. The predicted molar refractivity (Wildman–Crippen MR) is 76.5 cm³/mol. The molecule has 0 aliphatic rings. The van der Waals surface area contributed by atoms with Gasteiger partial charge < -0.3 is 5.11 Å². The van der Waals surface area contributed by atoms with Crippen molar-refractivity contribution in [1.29, 1.82) is 0 Å². The third kappa shape index (κ3) is 5.00. The summed E-state index contributed by atoms with van der Waals surface area (Å²) in [7, 11) is 0. The van der Waals surface area contributed by atoms with Gasteiger partial charge >= 0.3 is 6.18 Å². The fourth-order valence-electron chi connectivity index (χ4n) is 2.27. The Morgan fingerprint density at radius 2 is 1.79 bits per heavy atom. The molecule has 1 aromatic carbocycles. The molecule has 0 fully saturated rings. The fourth-order valence-corrected chi connectivity index (χ4v) is 2.27. The van der Waals surface area contributed by atoms with Gasteiger partial charge in [0.05, 0.1) is 12.2 Å². The lowest BCUT2D eigenvalue weighted by atomic mass is 10.3. The van der Waals surface area contributed by atoms with Crippen molar-refractivity contribution in [2.45, 2.75) is 19.1 Å². The van der Waals surface area contributed by atoms with Crippen molar-refractivity contribution in [1.82, 2.24) is 14.7 Å². The van der Waals surface area contributed by atoms with E-state index in [-0.39, 0.29) is 37.5 Å². The maximum atomic E-state index is 13.7. The highest BCUT2D eigenvalue weighted by atomic mass is 19.4. The van der Waals surface area contributed by atoms with Crippen LogP contribution >= 0.6 is 0 Å². The molecule has 0 aliphatic carbocycles. The molecule has 9 heteroatoms. The number of aliphatic hydroxyl groups is 1.